The van der Waals surface area contributed by atoms with Crippen molar-refractivity contribution in [2.75, 3.05) is 20.1 Å². The Hall–Kier alpha value is -0.570. The number of amides is 1. The summed E-state index contributed by atoms with van der Waals surface area (Å²) in [5, 5.41) is 0. The highest BCUT2D eigenvalue weighted by molar-refractivity contribution is 5.73. The third-order valence-electron chi connectivity index (χ3n) is 3.36. The lowest BCUT2D eigenvalue weighted by atomic mass is 10.1. The first kappa shape index (κ1) is 17.4. The molecule has 0 aromatic heterocycles. The lowest BCUT2D eigenvalue weighted by Crippen LogP contribution is -2.22. The Morgan fingerprint density at radius 1 is 0.889 bits per heavy atom. The molecule has 2 N–H and O–H groups in total. The fraction of sp³-hybridized carbons (Fsp3) is 0.933. The van der Waals surface area contributed by atoms with Gasteiger partial charge in [0.05, 0.1) is 0 Å². The van der Waals surface area contributed by atoms with E-state index in [-0.39, 0.29) is 5.91 Å². The van der Waals surface area contributed by atoms with E-state index >= 15 is 0 Å². The molecule has 3 nitrogen and oxygen atoms in total. The van der Waals surface area contributed by atoms with Crippen molar-refractivity contribution in [3.63, 3.8) is 0 Å². The largest absolute Gasteiger partial charge is 0.370 e. The van der Waals surface area contributed by atoms with Crippen molar-refractivity contribution in [1.29, 1.82) is 0 Å². The van der Waals surface area contributed by atoms with Crippen LogP contribution in [0, 0.1) is 0 Å². The van der Waals surface area contributed by atoms with E-state index in [1.165, 1.54) is 51.4 Å². The molecule has 1 amide bonds. The summed E-state index contributed by atoms with van der Waals surface area (Å²) in [6.45, 7) is 4.39. The third-order valence-corrected chi connectivity index (χ3v) is 3.36. The Labute approximate surface area is 113 Å². The Kier molecular flexibility index (Phi) is 12.5. The summed E-state index contributed by atoms with van der Waals surface area (Å²) in [6.07, 6.45) is 12.3. The summed E-state index contributed by atoms with van der Waals surface area (Å²) in [6, 6.07) is 0. The SMILES string of the molecule is CCCCCCCCCCN(C)CCCC(N)=O. The summed E-state index contributed by atoms with van der Waals surface area (Å²) in [4.78, 5) is 12.9. The number of primary amides is 1. The average Bonchev–Trinajstić information content (AvgIpc) is 2.32. The second-order valence-corrected chi connectivity index (χ2v) is 5.35. The molecule has 0 rings (SSSR count). The Balaban J connectivity index is 3.15. The first-order valence-electron chi connectivity index (χ1n) is 7.63. The van der Waals surface area contributed by atoms with E-state index < -0.39 is 0 Å². The Morgan fingerprint density at radius 3 is 1.94 bits per heavy atom. The highest BCUT2D eigenvalue weighted by Crippen LogP contribution is 2.08. The lowest BCUT2D eigenvalue weighted by Gasteiger charge is -2.15. The second kappa shape index (κ2) is 12.9. The van der Waals surface area contributed by atoms with Gasteiger partial charge >= 0.3 is 0 Å². The summed E-state index contributed by atoms with van der Waals surface area (Å²) < 4.78 is 0. The minimum absolute atomic E-state index is 0.185. The highest BCUT2D eigenvalue weighted by Gasteiger charge is 2.00. The van der Waals surface area contributed by atoms with E-state index in [1.807, 2.05) is 0 Å². The van der Waals surface area contributed by atoms with Crippen LogP contribution in [0.2, 0.25) is 0 Å². The zero-order chi connectivity index (χ0) is 13.6. The van der Waals surface area contributed by atoms with Crippen molar-refractivity contribution in [1.82, 2.24) is 4.90 Å². The van der Waals surface area contributed by atoms with Gasteiger partial charge in [-0.3, -0.25) is 4.79 Å². The third kappa shape index (κ3) is 13.5. The molecule has 18 heavy (non-hydrogen) atoms. The highest BCUT2D eigenvalue weighted by atomic mass is 16.1. The molecule has 0 fully saturated rings. The Morgan fingerprint density at radius 2 is 1.39 bits per heavy atom. The molecule has 0 spiro atoms. The van der Waals surface area contributed by atoms with Crippen LogP contribution in [0.4, 0.5) is 0 Å². The molecule has 0 saturated carbocycles. The Bertz CT molecular complexity index is 195. The summed E-state index contributed by atoms with van der Waals surface area (Å²) in [5.41, 5.74) is 5.11. The van der Waals surface area contributed by atoms with Crippen LogP contribution in [-0.4, -0.2) is 30.9 Å². The van der Waals surface area contributed by atoms with Crippen molar-refractivity contribution in [3.8, 4) is 0 Å². The van der Waals surface area contributed by atoms with Crippen LogP contribution >= 0.6 is 0 Å². The summed E-state index contributed by atoms with van der Waals surface area (Å²) in [7, 11) is 2.13. The van der Waals surface area contributed by atoms with Gasteiger partial charge in [0.15, 0.2) is 0 Å². The van der Waals surface area contributed by atoms with Gasteiger partial charge in [-0.15, -0.1) is 0 Å². The van der Waals surface area contributed by atoms with Crippen molar-refractivity contribution in [3.05, 3.63) is 0 Å². The molecule has 0 aliphatic heterocycles. The zero-order valence-electron chi connectivity index (χ0n) is 12.4. The first-order valence-corrected chi connectivity index (χ1v) is 7.63. The molecule has 0 heterocycles. The van der Waals surface area contributed by atoms with Gasteiger partial charge in [0.25, 0.3) is 0 Å². The fourth-order valence-electron chi connectivity index (χ4n) is 2.15. The van der Waals surface area contributed by atoms with E-state index in [9.17, 15) is 4.79 Å². The molecule has 0 aromatic rings. The normalized spacial score (nSPS) is 11.1. The van der Waals surface area contributed by atoms with Crippen LogP contribution in [0.5, 0.6) is 0 Å². The van der Waals surface area contributed by atoms with E-state index in [2.05, 4.69) is 18.9 Å². The molecule has 0 aromatic carbocycles. The van der Waals surface area contributed by atoms with Crippen LogP contribution in [0.1, 0.15) is 71.1 Å². The van der Waals surface area contributed by atoms with E-state index in [0.717, 1.165) is 19.5 Å². The maximum absolute atomic E-state index is 10.6. The number of nitrogens with two attached hydrogens (primary N) is 1. The van der Waals surface area contributed by atoms with E-state index in [4.69, 9.17) is 5.73 Å². The number of carbonyl (C=O) groups excluding carboxylic acids is 1. The minimum Gasteiger partial charge on any atom is -0.370 e. The molecule has 0 bridgehead atoms. The van der Waals surface area contributed by atoms with Gasteiger partial charge in [0.1, 0.15) is 0 Å². The van der Waals surface area contributed by atoms with Gasteiger partial charge in [-0.2, -0.15) is 0 Å². The molecule has 108 valence electrons. The maximum Gasteiger partial charge on any atom is 0.217 e. The number of nitrogens with zero attached hydrogens (tertiary/aromatic N) is 1. The predicted molar refractivity (Wildman–Crippen MR) is 78.5 cm³/mol. The summed E-state index contributed by atoms with van der Waals surface area (Å²) in [5.74, 6) is -0.185. The van der Waals surface area contributed by atoms with Crippen LogP contribution in [0.25, 0.3) is 0 Å². The number of hydrogen-bond donors (Lipinski definition) is 1. The van der Waals surface area contributed by atoms with Gasteiger partial charge in [0, 0.05) is 6.42 Å². The van der Waals surface area contributed by atoms with E-state index in [1.54, 1.807) is 0 Å². The standard InChI is InChI=1S/C15H32N2O/c1-3-4-5-6-7-8-9-10-13-17(2)14-11-12-15(16)18/h3-14H2,1-2H3,(H2,16,18). The molecule has 0 unspecified atom stereocenters. The molecular formula is C15H32N2O. The van der Waals surface area contributed by atoms with Crippen LogP contribution in [-0.2, 0) is 4.79 Å². The molecule has 0 radical (unpaired) electrons. The van der Waals surface area contributed by atoms with Gasteiger partial charge in [0.2, 0.25) is 5.91 Å². The van der Waals surface area contributed by atoms with Gasteiger partial charge in [-0.05, 0) is 33.0 Å². The maximum atomic E-state index is 10.6. The predicted octanol–water partition coefficient (Wildman–Crippen LogP) is 3.32. The molecule has 0 aliphatic carbocycles. The number of rotatable bonds is 13. The average molecular weight is 256 g/mol. The topological polar surface area (TPSA) is 46.3 Å². The quantitative estimate of drug-likeness (QED) is 0.514. The molecule has 0 atom stereocenters. The molecule has 3 heteroatoms. The van der Waals surface area contributed by atoms with Crippen LogP contribution in [0.3, 0.4) is 0 Å². The van der Waals surface area contributed by atoms with E-state index in [0.29, 0.717) is 6.42 Å². The van der Waals surface area contributed by atoms with Gasteiger partial charge in [-0.1, -0.05) is 51.9 Å². The van der Waals surface area contributed by atoms with Gasteiger partial charge in [-0.25, -0.2) is 0 Å². The monoisotopic (exact) mass is 256 g/mol. The smallest absolute Gasteiger partial charge is 0.217 e. The van der Waals surface area contributed by atoms with Crippen molar-refractivity contribution in [2.45, 2.75) is 71.1 Å². The fourth-order valence-corrected chi connectivity index (χ4v) is 2.15. The number of unbranched alkanes of at least 4 members (excludes halogenated alkanes) is 7. The van der Waals surface area contributed by atoms with Crippen LogP contribution < -0.4 is 5.73 Å². The number of hydrogen-bond acceptors (Lipinski definition) is 2. The van der Waals surface area contributed by atoms with Crippen molar-refractivity contribution in [2.24, 2.45) is 5.73 Å². The second-order valence-electron chi connectivity index (χ2n) is 5.35. The van der Waals surface area contributed by atoms with Gasteiger partial charge < -0.3 is 10.6 Å². The molecule has 0 saturated heterocycles. The zero-order valence-corrected chi connectivity index (χ0v) is 12.4. The van der Waals surface area contributed by atoms with Crippen LogP contribution in [0.15, 0.2) is 0 Å². The minimum atomic E-state index is -0.185. The molecular weight excluding hydrogens is 224 g/mol. The first-order chi connectivity index (χ1) is 8.66. The molecule has 0 aliphatic rings. The van der Waals surface area contributed by atoms with Crippen molar-refractivity contribution >= 4 is 5.91 Å². The van der Waals surface area contributed by atoms with Crippen molar-refractivity contribution < 1.29 is 4.79 Å². The number of carbonyl (C=O) groups is 1. The summed E-state index contributed by atoms with van der Waals surface area (Å²) >= 11 is 0. The lowest BCUT2D eigenvalue weighted by molar-refractivity contribution is -0.118.